The molecule has 0 bridgehead atoms. The smallest absolute Gasteiger partial charge is 0.162 e. The van der Waals surface area contributed by atoms with Crippen LogP contribution in [-0.2, 0) is 0 Å². The average molecular weight is 301 g/mol. The fourth-order valence-corrected chi connectivity index (χ4v) is 3.39. The van der Waals surface area contributed by atoms with Crippen LogP contribution in [0.4, 0.5) is 11.6 Å². The molecule has 0 spiro atoms. The van der Waals surface area contributed by atoms with Crippen LogP contribution in [0.15, 0.2) is 12.3 Å². The number of pyridine rings is 1. The Morgan fingerprint density at radius 2 is 1.82 bits per heavy atom. The quantitative estimate of drug-likeness (QED) is 0.843. The summed E-state index contributed by atoms with van der Waals surface area (Å²) < 4.78 is 0. The first-order valence-corrected chi connectivity index (χ1v) is 8.18. The summed E-state index contributed by atoms with van der Waals surface area (Å²) in [7, 11) is 0. The van der Waals surface area contributed by atoms with Crippen molar-refractivity contribution in [3.8, 4) is 0 Å². The molecule has 0 radical (unpaired) electrons. The number of anilines is 2. The van der Waals surface area contributed by atoms with Crippen molar-refractivity contribution in [3.05, 3.63) is 12.3 Å². The van der Waals surface area contributed by atoms with Crippen LogP contribution in [-0.4, -0.2) is 54.1 Å². The molecule has 2 aliphatic heterocycles. The number of aromatic nitrogens is 3. The van der Waals surface area contributed by atoms with Gasteiger partial charge in [0.25, 0.3) is 0 Å². The van der Waals surface area contributed by atoms with Gasteiger partial charge in [0.1, 0.15) is 5.82 Å². The average Bonchev–Trinajstić information content (AvgIpc) is 2.95. The zero-order valence-corrected chi connectivity index (χ0v) is 12.8. The summed E-state index contributed by atoms with van der Waals surface area (Å²) in [6, 6.07) is 1.95. The van der Waals surface area contributed by atoms with E-state index >= 15 is 0 Å². The Balaban J connectivity index is 1.79. The van der Waals surface area contributed by atoms with Crippen molar-refractivity contribution in [1.82, 2.24) is 20.2 Å². The molecule has 2 aromatic heterocycles. The topological polar surface area (TPSA) is 75.2 Å². The first-order chi connectivity index (χ1) is 10.8. The lowest BCUT2D eigenvalue weighted by atomic mass is 10.2. The summed E-state index contributed by atoms with van der Waals surface area (Å²) in [5.74, 6) is 1.59. The second-order valence-electron chi connectivity index (χ2n) is 6.09. The Labute approximate surface area is 130 Å². The number of nitrogens with two attached hydrogens (primary N) is 1. The number of rotatable bonds is 2. The van der Waals surface area contributed by atoms with E-state index in [2.05, 4.69) is 25.0 Å². The normalized spacial score (nSPS) is 19.8. The SMILES string of the molecule is Nc1cc2c(cn1)c(N1CCNCC1)nn2N1CCCCC1. The molecule has 4 rings (SSSR count). The van der Waals surface area contributed by atoms with Gasteiger partial charge in [0.15, 0.2) is 5.82 Å². The summed E-state index contributed by atoms with van der Waals surface area (Å²) in [6.07, 6.45) is 5.63. The van der Waals surface area contributed by atoms with Crippen LogP contribution in [0.25, 0.3) is 10.9 Å². The first-order valence-electron chi connectivity index (χ1n) is 8.18. The van der Waals surface area contributed by atoms with E-state index in [-0.39, 0.29) is 0 Å². The Morgan fingerprint density at radius 3 is 2.59 bits per heavy atom. The Morgan fingerprint density at radius 1 is 1.05 bits per heavy atom. The molecule has 2 aromatic rings. The monoisotopic (exact) mass is 301 g/mol. The zero-order chi connectivity index (χ0) is 14.9. The molecule has 7 nitrogen and oxygen atoms in total. The van der Waals surface area contributed by atoms with E-state index in [1.165, 1.54) is 19.3 Å². The van der Waals surface area contributed by atoms with E-state index < -0.39 is 0 Å². The summed E-state index contributed by atoms with van der Waals surface area (Å²) >= 11 is 0. The van der Waals surface area contributed by atoms with E-state index in [4.69, 9.17) is 10.8 Å². The number of nitrogens with zero attached hydrogens (tertiary/aromatic N) is 5. The molecule has 7 heteroatoms. The lowest BCUT2D eigenvalue weighted by Crippen LogP contribution is -2.44. The minimum atomic E-state index is 0.553. The van der Waals surface area contributed by atoms with Crippen molar-refractivity contribution < 1.29 is 0 Å². The molecule has 0 unspecified atom stereocenters. The van der Waals surface area contributed by atoms with Gasteiger partial charge in [-0.2, -0.15) is 4.79 Å². The van der Waals surface area contributed by atoms with E-state index in [9.17, 15) is 0 Å². The Bertz CT molecular complexity index is 653. The number of piperazine rings is 1. The van der Waals surface area contributed by atoms with E-state index in [1.807, 2.05) is 12.3 Å². The number of hydrogen-bond acceptors (Lipinski definition) is 6. The zero-order valence-electron chi connectivity index (χ0n) is 12.8. The van der Waals surface area contributed by atoms with Crippen molar-refractivity contribution in [1.29, 1.82) is 0 Å². The third kappa shape index (κ3) is 2.35. The molecular weight excluding hydrogens is 278 g/mol. The fourth-order valence-electron chi connectivity index (χ4n) is 3.39. The molecule has 2 fully saturated rings. The van der Waals surface area contributed by atoms with Crippen molar-refractivity contribution in [2.45, 2.75) is 19.3 Å². The van der Waals surface area contributed by atoms with Crippen LogP contribution in [0.5, 0.6) is 0 Å². The molecule has 0 saturated carbocycles. The third-order valence-corrected chi connectivity index (χ3v) is 4.57. The van der Waals surface area contributed by atoms with E-state index in [0.29, 0.717) is 5.82 Å². The van der Waals surface area contributed by atoms with Crippen LogP contribution in [0.1, 0.15) is 19.3 Å². The third-order valence-electron chi connectivity index (χ3n) is 4.57. The molecule has 0 atom stereocenters. The largest absolute Gasteiger partial charge is 0.384 e. The molecule has 2 aliphatic rings. The minimum Gasteiger partial charge on any atom is -0.384 e. The van der Waals surface area contributed by atoms with Crippen molar-refractivity contribution in [2.24, 2.45) is 0 Å². The van der Waals surface area contributed by atoms with Gasteiger partial charge >= 0.3 is 0 Å². The van der Waals surface area contributed by atoms with E-state index in [0.717, 1.165) is 56.0 Å². The highest BCUT2D eigenvalue weighted by Gasteiger charge is 2.22. The van der Waals surface area contributed by atoms with Gasteiger partial charge in [0.2, 0.25) is 0 Å². The van der Waals surface area contributed by atoms with Crippen molar-refractivity contribution in [3.63, 3.8) is 0 Å². The predicted octanol–water partition coefficient (Wildman–Crippen LogP) is 0.545. The second-order valence-corrected chi connectivity index (χ2v) is 6.09. The van der Waals surface area contributed by atoms with Gasteiger partial charge in [-0.25, -0.2) is 4.98 Å². The van der Waals surface area contributed by atoms with Crippen LogP contribution in [0.2, 0.25) is 0 Å². The fraction of sp³-hybridized carbons (Fsp3) is 0.600. The van der Waals surface area contributed by atoms with Gasteiger partial charge in [-0.3, -0.25) is 5.01 Å². The Hall–Kier alpha value is -2.02. The molecule has 0 aliphatic carbocycles. The molecule has 0 amide bonds. The Kier molecular flexibility index (Phi) is 3.49. The van der Waals surface area contributed by atoms with Gasteiger partial charge in [0.05, 0.1) is 10.9 Å². The number of nitrogens with one attached hydrogen (secondary N) is 1. The summed E-state index contributed by atoms with van der Waals surface area (Å²) in [6.45, 7) is 6.08. The number of fused-ring (bicyclic) bond motifs is 1. The lowest BCUT2D eigenvalue weighted by molar-refractivity contribution is 0.457. The summed E-state index contributed by atoms with van der Waals surface area (Å²) in [4.78, 5) is 8.69. The van der Waals surface area contributed by atoms with Crippen LogP contribution in [0.3, 0.4) is 0 Å². The molecule has 4 heterocycles. The van der Waals surface area contributed by atoms with Gasteiger partial charge in [-0.1, -0.05) is 0 Å². The van der Waals surface area contributed by atoms with Gasteiger partial charge in [-0.05, 0) is 19.3 Å². The highest BCUT2D eigenvalue weighted by atomic mass is 15.7. The van der Waals surface area contributed by atoms with Gasteiger partial charge in [0, 0.05) is 51.5 Å². The standard InChI is InChI=1S/C15H23N7/c16-14-10-13-12(11-18-14)15(20-8-4-17-5-9-20)19-22(13)21-6-2-1-3-7-21/h10-11,17H,1-9H2,(H2,16,18). The maximum atomic E-state index is 5.92. The van der Waals surface area contributed by atoms with Crippen LogP contribution in [0, 0.1) is 0 Å². The molecule has 3 N–H and O–H groups in total. The molecule has 22 heavy (non-hydrogen) atoms. The first kappa shape index (κ1) is 13.6. The number of piperidine rings is 1. The minimum absolute atomic E-state index is 0.553. The molecule has 0 aromatic carbocycles. The van der Waals surface area contributed by atoms with Gasteiger partial charge < -0.3 is 16.0 Å². The van der Waals surface area contributed by atoms with Crippen molar-refractivity contribution in [2.75, 3.05) is 54.9 Å². The maximum absolute atomic E-state index is 5.92. The lowest BCUT2D eigenvalue weighted by Gasteiger charge is -2.29. The number of hydrogen-bond donors (Lipinski definition) is 2. The molecular formula is C15H23N7. The summed E-state index contributed by atoms with van der Waals surface area (Å²) in [5, 5.41) is 11.7. The summed E-state index contributed by atoms with van der Waals surface area (Å²) in [5.41, 5.74) is 6.99. The van der Waals surface area contributed by atoms with Crippen molar-refractivity contribution >= 4 is 22.5 Å². The maximum Gasteiger partial charge on any atom is 0.162 e. The number of nitrogen functional groups attached to an aromatic ring is 1. The highest BCUT2D eigenvalue weighted by molar-refractivity contribution is 5.91. The van der Waals surface area contributed by atoms with Crippen LogP contribution >= 0.6 is 0 Å². The predicted molar refractivity (Wildman–Crippen MR) is 88.8 cm³/mol. The highest BCUT2D eigenvalue weighted by Crippen LogP contribution is 2.27. The second kappa shape index (κ2) is 5.64. The molecule has 2 saturated heterocycles. The molecule has 118 valence electrons. The van der Waals surface area contributed by atoms with E-state index in [1.54, 1.807) is 0 Å². The van der Waals surface area contributed by atoms with Gasteiger partial charge in [-0.15, -0.1) is 5.10 Å². The van der Waals surface area contributed by atoms with Crippen LogP contribution < -0.4 is 21.0 Å².